The molecule has 0 radical (unpaired) electrons. The molecule has 0 aromatic heterocycles. The van der Waals surface area contributed by atoms with Crippen LogP contribution in [0.3, 0.4) is 0 Å². The van der Waals surface area contributed by atoms with E-state index in [4.69, 9.17) is 0 Å². The maximum atomic E-state index is 4.38. The van der Waals surface area contributed by atoms with Gasteiger partial charge >= 0.3 is 0 Å². The summed E-state index contributed by atoms with van der Waals surface area (Å²) in [6.07, 6.45) is 2.15. The van der Waals surface area contributed by atoms with Crippen LogP contribution in [0.15, 0.2) is 58.8 Å². The molecule has 0 saturated carbocycles. The number of benzene rings is 2. The van der Waals surface area contributed by atoms with Crippen molar-refractivity contribution in [2.75, 3.05) is 19.0 Å². The first kappa shape index (κ1) is 14.3. The maximum absolute atomic E-state index is 4.38. The van der Waals surface area contributed by atoms with Gasteiger partial charge in [0.1, 0.15) is 0 Å². The Hall–Kier alpha value is -2.16. The van der Waals surface area contributed by atoms with Crippen molar-refractivity contribution in [2.45, 2.75) is 19.8 Å². The van der Waals surface area contributed by atoms with Crippen molar-refractivity contribution >= 4 is 17.1 Å². The molecule has 2 aromatic carbocycles. The molecule has 3 nitrogen and oxygen atoms in total. The molecule has 20 heavy (non-hydrogen) atoms. The minimum absolute atomic E-state index is 0.877. The van der Waals surface area contributed by atoms with Crippen molar-refractivity contribution < 1.29 is 0 Å². The third-order valence-corrected chi connectivity index (χ3v) is 3.15. The van der Waals surface area contributed by atoms with E-state index in [1.807, 2.05) is 50.5 Å². The van der Waals surface area contributed by atoms with Gasteiger partial charge in [-0.2, -0.15) is 10.2 Å². The molecule has 2 aromatic rings. The summed E-state index contributed by atoms with van der Waals surface area (Å²) in [6, 6.07) is 16.3. The van der Waals surface area contributed by atoms with E-state index in [1.165, 1.54) is 5.56 Å². The molecule has 104 valence electrons. The van der Waals surface area contributed by atoms with E-state index in [9.17, 15) is 0 Å². The van der Waals surface area contributed by atoms with Crippen molar-refractivity contribution in [2.24, 2.45) is 10.2 Å². The van der Waals surface area contributed by atoms with Crippen LogP contribution in [0.4, 0.5) is 17.1 Å². The molecular formula is C17H21N3. The Kier molecular flexibility index (Phi) is 4.88. The van der Waals surface area contributed by atoms with Crippen LogP contribution in [-0.4, -0.2) is 14.1 Å². The zero-order valence-electron chi connectivity index (χ0n) is 12.4. The lowest BCUT2D eigenvalue weighted by Crippen LogP contribution is -2.07. The molecule has 0 amide bonds. The van der Waals surface area contributed by atoms with E-state index >= 15 is 0 Å². The molecule has 0 bridgehead atoms. The number of azo groups is 1. The third kappa shape index (κ3) is 3.67. The van der Waals surface area contributed by atoms with Gasteiger partial charge in [-0.3, -0.25) is 0 Å². The van der Waals surface area contributed by atoms with Crippen LogP contribution >= 0.6 is 0 Å². The van der Waals surface area contributed by atoms with Crippen molar-refractivity contribution in [3.05, 3.63) is 54.1 Å². The summed E-state index contributed by atoms with van der Waals surface area (Å²) >= 11 is 0. The molecule has 0 heterocycles. The highest BCUT2D eigenvalue weighted by atomic mass is 15.1. The van der Waals surface area contributed by atoms with Crippen molar-refractivity contribution in [1.82, 2.24) is 0 Å². The predicted octanol–water partition coefficient (Wildman–Crippen LogP) is 5.12. The second-order valence-corrected chi connectivity index (χ2v) is 4.99. The van der Waals surface area contributed by atoms with Crippen LogP contribution in [0, 0.1) is 0 Å². The summed E-state index contributed by atoms with van der Waals surface area (Å²) < 4.78 is 0. The van der Waals surface area contributed by atoms with Gasteiger partial charge in [0.25, 0.3) is 0 Å². The monoisotopic (exact) mass is 267 g/mol. The fourth-order valence-electron chi connectivity index (χ4n) is 2.02. The zero-order chi connectivity index (χ0) is 14.4. The van der Waals surface area contributed by atoms with Crippen LogP contribution in [0.2, 0.25) is 0 Å². The fraction of sp³-hybridized carbons (Fsp3) is 0.294. The molecule has 0 atom stereocenters. The number of nitrogens with zero attached hydrogens (tertiary/aromatic N) is 3. The van der Waals surface area contributed by atoms with E-state index < -0.39 is 0 Å². The van der Waals surface area contributed by atoms with Crippen molar-refractivity contribution in [3.8, 4) is 0 Å². The molecule has 0 aliphatic rings. The van der Waals surface area contributed by atoms with E-state index in [-0.39, 0.29) is 0 Å². The molecule has 0 aliphatic heterocycles. The van der Waals surface area contributed by atoms with Crippen LogP contribution in [0.25, 0.3) is 0 Å². The van der Waals surface area contributed by atoms with Crippen molar-refractivity contribution in [3.63, 3.8) is 0 Å². The summed E-state index contributed by atoms with van der Waals surface area (Å²) in [4.78, 5) is 2.07. The molecule has 2 rings (SSSR count). The van der Waals surface area contributed by atoms with Gasteiger partial charge in [-0.1, -0.05) is 31.5 Å². The average Bonchev–Trinajstić information content (AvgIpc) is 2.47. The van der Waals surface area contributed by atoms with E-state index in [1.54, 1.807) is 0 Å². The van der Waals surface area contributed by atoms with Crippen molar-refractivity contribution in [1.29, 1.82) is 0 Å². The van der Waals surface area contributed by atoms with Gasteiger partial charge in [-0.25, -0.2) is 0 Å². The Morgan fingerprint density at radius 3 is 2.25 bits per heavy atom. The Balaban J connectivity index is 2.16. The second-order valence-electron chi connectivity index (χ2n) is 4.99. The minimum Gasteiger partial charge on any atom is -0.378 e. The van der Waals surface area contributed by atoms with Crippen LogP contribution in [0.1, 0.15) is 18.9 Å². The predicted molar refractivity (Wildman–Crippen MR) is 85.4 cm³/mol. The average molecular weight is 267 g/mol. The number of hydrogen-bond acceptors (Lipinski definition) is 3. The van der Waals surface area contributed by atoms with E-state index in [2.05, 4.69) is 34.2 Å². The van der Waals surface area contributed by atoms with Gasteiger partial charge in [0, 0.05) is 19.8 Å². The number of anilines is 1. The Morgan fingerprint density at radius 1 is 0.900 bits per heavy atom. The molecule has 0 fully saturated rings. The van der Waals surface area contributed by atoms with E-state index in [0.717, 1.165) is 29.9 Å². The smallest absolute Gasteiger partial charge is 0.0889 e. The first-order valence-electron chi connectivity index (χ1n) is 6.97. The minimum atomic E-state index is 0.877. The van der Waals surface area contributed by atoms with Gasteiger partial charge in [-0.15, -0.1) is 0 Å². The number of rotatable bonds is 5. The maximum Gasteiger partial charge on any atom is 0.0889 e. The zero-order valence-corrected chi connectivity index (χ0v) is 12.4. The highest BCUT2D eigenvalue weighted by Crippen LogP contribution is 2.24. The topological polar surface area (TPSA) is 28.0 Å². The lowest BCUT2D eigenvalue weighted by molar-refractivity contribution is 0.918. The van der Waals surface area contributed by atoms with Gasteiger partial charge in [-0.05, 0) is 42.3 Å². The van der Waals surface area contributed by atoms with Gasteiger partial charge in [0.15, 0.2) is 0 Å². The molecule has 0 N–H and O–H groups in total. The number of hydrogen-bond donors (Lipinski definition) is 0. The largest absolute Gasteiger partial charge is 0.378 e. The Bertz CT molecular complexity index is 571. The first-order valence-corrected chi connectivity index (χ1v) is 6.97. The molecule has 0 aliphatic carbocycles. The van der Waals surface area contributed by atoms with Crippen LogP contribution < -0.4 is 4.90 Å². The third-order valence-electron chi connectivity index (χ3n) is 3.15. The van der Waals surface area contributed by atoms with Crippen LogP contribution in [-0.2, 0) is 6.42 Å². The summed E-state index contributed by atoms with van der Waals surface area (Å²) in [5.74, 6) is 0. The van der Waals surface area contributed by atoms with Gasteiger partial charge in [0.05, 0.1) is 11.4 Å². The molecule has 3 heteroatoms. The summed E-state index contributed by atoms with van der Waals surface area (Å²) in [7, 11) is 4.05. The van der Waals surface area contributed by atoms with E-state index in [0.29, 0.717) is 0 Å². The fourth-order valence-corrected chi connectivity index (χ4v) is 2.02. The Morgan fingerprint density at radius 2 is 1.60 bits per heavy atom. The van der Waals surface area contributed by atoms with Gasteiger partial charge < -0.3 is 4.90 Å². The second kappa shape index (κ2) is 6.85. The highest BCUT2D eigenvalue weighted by molar-refractivity contribution is 5.52. The lowest BCUT2D eigenvalue weighted by Gasteiger charge is -2.11. The lowest BCUT2D eigenvalue weighted by atomic mass is 10.1. The molecule has 0 spiro atoms. The Labute approximate surface area is 121 Å². The first-order chi connectivity index (χ1) is 9.70. The number of aryl methyl sites for hydroxylation is 1. The summed E-state index contributed by atoms with van der Waals surface area (Å²) in [5.41, 5.74) is 4.26. The van der Waals surface area contributed by atoms with Crippen LogP contribution in [0.5, 0.6) is 0 Å². The molecule has 0 unspecified atom stereocenters. The summed E-state index contributed by atoms with van der Waals surface area (Å²) in [5, 5.41) is 8.71. The molecule has 0 saturated heterocycles. The summed E-state index contributed by atoms with van der Waals surface area (Å²) in [6.45, 7) is 2.17. The SMILES string of the molecule is CCCc1ccccc1N=Nc1ccc(N(C)C)cc1. The molecular weight excluding hydrogens is 246 g/mol. The standard InChI is InChI=1S/C17H21N3/c1-4-7-14-8-5-6-9-17(14)19-18-15-10-12-16(13-11-15)20(2)3/h5-6,8-13H,4,7H2,1-3H3. The highest BCUT2D eigenvalue weighted by Gasteiger charge is 1.99. The normalized spacial score (nSPS) is 10.9. The van der Waals surface area contributed by atoms with Gasteiger partial charge in [0.2, 0.25) is 0 Å². The quantitative estimate of drug-likeness (QED) is 0.691.